The third-order valence-electron chi connectivity index (χ3n) is 5.77. The van der Waals surface area contributed by atoms with E-state index in [1.807, 2.05) is 0 Å². The summed E-state index contributed by atoms with van der Waals surface area (Å²) in [5.41, 5.74) is -0.386. The van der Waals surface area contributed by atoms with Gasteiger partial charge >= 0.3 is 0 Å². The highest BCUT2D eigenvalue weighted by Crippen LogP contribution is 2.45. The van der Waals surface area contributed by atoms with Crippen LogP contribution in [0.1, 0.15) is 44.9 Å². The number of carbonyl (C=O) groups excluding carboxylic acids is 2. The van der Waals surface area contributed by atoms with Gasteiger partial charge in [-0.2, -0.15) is 0 Å². The number of nitrogens with one attached hydrogen (secondary N) is 1. The standard InChI is InChI=1S/C16H25N3O2/c20-14-10-16(15(21)19(14)13-2-3-13)6-1-9-18(11-16)12-4-7-17-8-5-12/h12-13,17H,1-11H2. The van der Waals surface area contributed by atoms with Crippen LogP contribution in [-0.4, -0.2) is 59.9 Å². The first-order chi connectivity index (χ1) is 10.2. The topological polar surface area (TPSA) is 52.7 Å². The Kier molecular flexibility index (Phi) is 3.30. The average Bonchev–Trinajstić information content (AvgIpc) is 3.30. The molecule has 3 heterocycles. The van der Waals surface area contributed by atoms with Crippen molar-refractivity contribution in [3.63, 3.8) is 0 Å². The number of hydrogen-bond acceptors (Lipinski definition) is 4. The molecule has 5 heteroatoms. The summed E-state index contributed by atoms with van der Waals surface area (Å²) in [4.78, 5) is 29.3. The summed E-state index contributed by atoms with van der Waals surface area (Å²) in [6.07, 6.45) is 6.81. The molecule has 5 nitrogen and oxygen atoms in total. The van der Waals surface area contributed by atoms with Crippen LogP contribution in [0, 0.1) is 5.41 Å². The SMILES string of the molecule is O=C1CC2(CCCN(C3CCNCC3)C2)C(=O)N1C1CC1. The van der Waals surface area contributed by atoms with Crippen molar-refractivity contribution < 1.29 is 9.59 Å². The van der Waals surface area contributed by atoms with Crippen LogP contribution in [0.4, 0.5) is 0 Å². The second-order valence-electron chi connectivity index (χ2n) is 7.31. The van der Waals surface area contributed by atoms with Gasteiger partial charge in [0, 0.05) is 25.0 Å². The summed E-state index contributed by atoms with van der Waals surface area (Å²) >= 11 is 0. The van der Waals surface area contributed by atoms with Gasteiger partial charge in [0.15, 0.2) is 0 Å². The first-order valence-electron chi connectivity index (χ1n) is 8.51. The number of rotatable bonds is 2. The minimum atomic E-state index is -0.386. The fraction of sp³-hybridized carbons (Fsp3) is 0.875. The molecule has 4 aliphatic rings. The lowest BCUT2D eigenvalue weighted by Crippen LogP contribution is -2.53. The van der Waals surface area contributed by atoms with Gasteiger partial charge in [0.1, 0.15) is 0 Å². The Morgan fingerprint density at radius 3 is 2.52 bits per heavy atom. The molecule has 4 rings (SSSR count). The van der Waals surface area contributed by atoms with Crippen molar-refractivity contribution in [2.75, 3.05) is 26.2 Å². The van der Waals surface area contributed by atoms with Crippen LogP contribution >= 0.6 is 0 Å². The van der Waals surface area contributed by atoms with E-state index in [0.29, 0.717) is 12.5 Å². The van der Waals surface area contributed by atoms with E-state index in [2.05, 4.69) is 10.2 Å². The maximum absolute atomic E-state index is 12.9. The smallest absolute Gasteiger partial charge is 0.237 e. The molecule has 2 amide bonds. The first-order valence-corrected chi connectivity index (χ1v) is 8.51. The first kappa shape index (κ1) is 13.7. The molecule has 3 saturated heterocycles. The molecule has 3 aliphatic heterocycles. The molecule has 1 saturated carbocycles. The number of amides is 2. The summed E-state index contributed by atoms with van der Waals surface area (Å²) in [5.74, 6) is 0.239. The molecule has 1 aliphatic carbocycles. The van der Waals surface area contributed by atoms with E-state index in [-0.39, 0.29) is 23.3 Å². The number of imide groups is 1. The molecule has 21 heavy (non-hydrogen) atoms. The van der Waals surface area contributed by atoms with Gasteiger partial charge in [0.2, 0.25) is 11.8 Å². The lowest BCUT2D eigenvalue weighted by atomic mass is 9.77. The van der Waals surface area contributed by atoms with Crippen LogP contribution in [0.2, 0.25) is 0 Å². The molecule has 0 radical (unpaired) electrons. The molecule has 0 aromatic rings. The molecule has 1 atom stereocenters. The van der Waals surface area contributed by atoms with Gasteiger partial charge in [-0.25, -0.2) is 0 Å². The number of carbonyl (C=O) groups is 2. The van der Waals surface area contributed by atoms with Crippen LogP contribution in [-0.2, 0) is 9.59 Å². The van der Waals surface area contributed by atoms with Gasteiger partial charge < -0.3 is 5.32 Å². The number of nitrogens with zero attached hydrogens (tertiary/aromatic N) is 2. The van der Waals surface area contributed by atoms with E-state index < -0.39 is 0 Å². The Morgan fingerprint density at radius 2 is 1.81 bits per heavy atom. The second kappa shape index (κ2) is 5.06. The lowest BCUT2D eigenvalue weighted by molar-refractivity contribution is -0.143. The van der Waals surface area contributed by atoms with Gasteiger partial charge in [-0.1, -0.05) is 0 Å². The maximum atomic E-state index is 12.9. The van der Waals surface area contributed by atoms with Crippen LogP contribution in [0.5, 0.6) is 0 Å². The third-order valence-corrected chi connectivity index (χ3v) is 5.77. The van der Waals surface area contributed by atoms with Crippen LogP contribution in [0.3, 0.4) is 0 Å². The van der Waals surface area contributed by atoms with Crippen molar-refractivity contribution in [3.05, 3.63) is 0 Å². The Bertz CT molecular complexity index is 456. The molecular formula is C16H25N3O2. The van der Waals surface area contributed by atoms with E-state index >= 15 is 0 Å². The van der Waals surface area contributed by atoms with E-state index in [1.54, 1.807) is 4.90 Å². The van der Waals surface area contributed by atoms with Crippen LogP contribution < -0.4 is 5.32 Å². The summed E-state index contributed by atoms with van der Waals surface area (Å²) in [6.45, 7) is 4.06. The number of hydrogen-bond donors (Lipinski definition) is 1. The van der Waals surface area contributed by atoms with Gasteiger partial charge in [0.05, 0.1) is 5.41 Å². The van der Waals surface area contributed by atoms with Crippen LogP contribution in [0.25, 0.3) is 0 Å². The monoisotopic (exact) mass is 291 g/mol. The minimum absolute atomic E-state index is 0.0923. The maximum Gasteiger partial charge on any atom is 0.237 e. The summed E-state index contributed by atoms with van der Waals surface area (Å²) in [6, 6.07) is 0.833. The van der Waals surface area contributed by atoms with Crippen molar-refractivity contribution in [1.29, 1.82) is 0 Å². The van der Waals surface area contributed by atoms with E-state index in [0.717, 1.165) is 51.9 Å². The zero-order valence-electron chi connectivity index (χ0n) is 12.6. The molecule has 0 aromatic heterocycles. The van der Waals surface area contributed by atoms with Gasteiger partial charge in [-0.15, -0.1) is 0 Å². The van der Waals surface area contributed by atoms with Gasteiger partial charge in [-0.3, -0.25) is 19.4 Å². The second-order valence-corrected chi connectivity index (χ2v) is 7.31. The normalized spacial score (nSPS) is 35.9. The molecule has 4 fully saturated rings. The Labute approximate surface area is 126 Å². The van der Waals surface area contributed by atoms with Crippen molar-refractivity contribution in [2.24, 2.45) is 5.41 Å². The predicted molar refractivity (Wildman–Crippen MR) is 78.6 cm³/mol. The zero-order chi connectivity index (χ0) is 14.4. The fourth-order valence-electron chi connectivity index (χ4n) is 4.49. The van der Waals surface area contributed by atoms with E-state index in [1.165, 1.54) is 12.8 Å². The minimum Gasteiger partial charge on any atom is -0.317 e. The highest BCUT2D eigenvalue weighted by atomic mass is 16.2. The highest BCUT2D eigenvalue weighted by molar-refractivity contribution is 6.06. The Hall–Kier alpha value is -0.940. The van der Waals surface area contributed by atoms with Crippen molar-refractivity contribution in [3.8, 4) is 0 Å². The fourth-order valence-corrected chi connectivity index (χ4v) is 4.49. The summed E-state index contributed by atoms with van der Waals surface area (Å²) in [5, 5.41) is 3.40. The highest BCUT2D eigenvalue weighted by Gasteiger charge is 2.56. The Balaban J connectivity index is 1.51. The molecule has 1 spiro atoms. The van der Waals surface area contributed by atoms with Crippen molar-refractivity contribution in [2.45, 2.75) is 57.0 Å². The van der Waals surface area contributed by atoms with E-state index in [9.17, 15) is 9.59 Å². The lowest BCUT2D eigenvalue weighted by Gasteiger charge is -2.43. The number of likely N-dealkylation sites (tertiary alicyclic amines) is 2. The molecule has 1 N–H and O–H groups in total. The van der Waals surface area contributed by atoms with Crippen molar-refractivity contribution >= 4 is 11.8 Å². The van der Waals surface area contributed by atoms with Gasteiger partial charge in [-0.05, 0) is 58.2 Å². The van der Waals surface area contributed by atoms with Crippen molar-refractivity contribution in [1.82, 2.24) is 15.1 Å². The third kappa shape index (κ3) is 2.30. The molecular weight excluding hydrogens is 266 g/mol. The van der Waals surface area contributed by atoms with Gasteiger partial charge in [0.25, 0.3) is 0 Å². The molecule has 0 aromatic carbocycles. The largest absolute Gasteiger partial charge is 0.317 e. The Morgan fingerprint density at radius 1 is 1.05 bits per heavy atom. The molecule has 1 unspecified atom stereocenters. The predicted octanol–water partition coefficient (Wildman–Crippen LogP) is 0.742. The van der Waals surface area contributed by atoms with E-state index in [4.69, 9.17) is 0 Å². The summed E-state index contributed by atoms with van der Waals surface area (Å²) in [7, 11) is 0. The summed E-state index contributed by atoms with van der Waals surface area (Å²) < 4.78 is 0. The molecule has 116 valence electrons. The van der Waals surface area contributed by atoms with Crippen LogP contribution in [0.15, 0.2) is 0 Å². The quantitative estimate of drug-likeness (QED) is 0.763. The average molecular weight is 291 g/mol. The molecule has 0 bridgehead atoms. The number of piperidine rings is 2. The zero-order valence-corrected chi connectivity index (χ0v) is 12.6.